The molecule has 0 saturated heterocycles. The normalized spacial score (nSPS) is 13.0. The van der Waals surface area contributed by atoms with Gasteiger partial charge in [0.15, 0.2) is 0 Å². The summed E-state index contributed by atoms with van der Waals surface area (Å²) in [6.45, 7) is 3.50. The lowest BCUT2D eigenvalue weighted by atomic mass is 9.88. The van der Waals surface area contributed by atoms with Gasteiger partial charge in [-0.05, 0) is 43.7 Å². The van der Waals surface area contributed by atoms with Crippen molar-refractivity contribution in [2.24, 2.45) is 0 Å². The molecule has 2 N–H and O–H groups in total. The molecule has 0 radical (unpaired) electrons. The first-order valence-electron chi connectivity index (χ1n) is 7.45. The number of carbonyl (C=O) groups is 2. The van der Waals surface area contributed by atoms with Gasteiger partial charge in [-0.25, -0.2) is 0 Å². The van der Waals surface area contributed by atoms with Crippen molar-refractivity contribution in [3.8, 4) is 5.75 Å². The molecule has 24 heavy (non-hydrogen) atoms. The van der Waals surface area contributed by atoms with Crippen LogP contribution in [-0.4, -0.2) is 29.1 Å². The van der Waals surface area contributed by atoms with Crippen molar-refractivity contribution in [1.29, 1.82) is 0 Å². The van der Waals surface area contributed by atoms with Crippen LogP contribution in [0.15, 0.2) is 42.6 Å². The summed E-state index contributed by atoms with van der Waals surface area (Å²) >= 11 is 0. The minimum absolute atomic E-state index is 0.259. The minimum atomic E-state index is -1.08. The van der Waals surface area contributed by atoms with Gasteiger partial charge in [-0.15, -0.1) is 0 Å². The van der Waals surface area contributed by atoms with Crippen LogP contribution < -0.4 is 10.1 Å². The number of aryl methyl sites for hydroxylation is 1. The van der Waals surface area contributed by atoms with Gasteiger partial charge in [-0.3, -0.25) is 14.6 Å². The van der Waals surface area contributed by atoms with Crippen molar-refractivity contribution < 1.29 is 19.4 Å². The minimum Gasteiger partial charge on any atom is -0.497 e. The highest BCUT2D eigenvalue weighted by Gasteiger charge is 2.32. The second kappa shape index (κ2) is 7.12. The number of hydrogen-bond acceptors (Lipinski definition) is 4. The summed E-state index contributed by atoms with van der Waals surface area (Å²) in [7, 11) is 1.53. The van der Waals surface area contributed by atoms with Crippen LogP contribution in [0, 0.1) is 6.92 Å². The first-order valence-corrected chi connectivity index (χ1v) is 7.45. The summed E-state index contributed by atoms with van der Waals surface area (Å²) in [6, 6.07) is 10.4. The van der Waals surface area contributed by atoms with E-state index in [0.29, 0.717) is 16.9 Å². The average molecular weight is 328 g/mol. The SMILES string of the molecule is COc1cccc(C(C)(CC(=O)O)NC(=O)c2ccc(C)nc2)c1. The fourth-order valence-electron chi connectivity index (χ4n) is 2.41. The number of benzene rings is 1. The molecular formula is C18H20N2O4. The first kappa shape index (κ1) is 17.5. The fourth-order valence-corrected chi connectivity index (χ4v) is 2.41. The van der Waals surface area contributed by atoms with Crippen LogP contribution in [-0.2, 0) is 10.3 Å². The van der Waals surface area contributed by atoms with Gasteiger partial charge in [0.2, 0.25) is 0 Å². The maximum Gasteiger partial charge on any atom is 0.306 e. The van der Waals surface area contributed by atoms with Crippen molar-refractivity contribution in [2.75, 3.05) is 7.11 Å². The number of hydrogen-bond donors (Lipinski definition) is 2. The highest BCUT2D eigenvalue weighted by atomic mass is 16.5. The molecule has 1 aromatic carbocycles. The van der Waals surface area contributed by atoms with E-state index in [9.17, 15) is 14.7 Å². The third-order valence-corrected chi connectivity index (χ3v) is 3.77. The second-order valence-corrected chi connectivity index (χ2v) is 5.78. The van der Waals surface area contributed by atoms with E-state index in [0.717, 1.165) is 5.69 Å². The van der Waals surface area contributed by atoms with E-state index in [2.05, 4.69) is 10.3 Å². The summed E-state index contributed by atoms with van der Waals surface area (Å²) in [5.74, 6) is -0.799. The molecule has 1 amide bonds. The van der Waals surface area contributed by atoms with Crippen molar-refractivity contribution >= 4 is 11.9 Å². The maximum atomic E-state index is 12.5. The highest BCUT2D eigenvalue weighted by Crippen LogP contribution is 2.28. The van der Waals surface area contributed by atoms with E-state index in [-0.39, 0.29) is 12.3 Å². The number of carbonyl (C=O) groups excluding carboxylic acids is 1. The zero-order chi connectivity index (χ0) is 17.7. The largest absolute Gasteiger partial charge is 0.497 e. The van der Waals surface area contributed by atoms with Gasteiger partial charge in [-0.2, -0.15) is 0 Å². The topological polar surface area (TPSA) is 88.5 Å². The number of aliphatic carboxylic acids is 1. The lowest BCUT2D eigenvalue weighted by molar-refractivity contribution is -0.138. The molecule has 0 aliphatic carbocycles. The van der Waals surface area contributed by atoms with Gasteiger partial charge in [0.1, 0.15) is 5.75 Å². The number of rotatable bonds is 6. The Labute approximate surface area is 140 Å². The van der Waals surface area contributed by atoms with Crippen molar-refractivity contribution in [3.05, 3.63) is 59.4 Å². The Morgan fingerprint density at radius 3 is 2.62 bits per heavy atom. The van der Waals surface area contributed by atoms with Gasteiger partial charge in [0.25, 0.3) is 5.91 Å². The zero-order valence-corrected chi connectivity index (χ0v) is 13.9. The Balaban J connectivity index is 2.34. The third kappa shape index (κ3) is 4.10. The van der Waals surface area contributed by atoms with Crippen LogP contribution in [0.5, 0.6) is 5.75 Å². The molecule has 1 atom stereocenters. The van der Waals surface area contributed by atoms with Gasteiger partial charge >= 0.3 is 5.97 Å². The quantitative estimate of drug-likeness (QED) is 0.850. The summed E-state index contributed by atoms with van der Waals surface area (Å²) in [5.41, 5.74) is 0.743. The average Bonchev–Trinajstić information content (AvgIpc) is 2.54. The molecule has 0 aliphatic rings. The molecular weight excluding hydrogens is 308 g/mol. The van der Waals surface area contributed by atoms with Gasteiger partial charge in [-0.1, -0.05) is 12.1 Å². The standard InChI is InChI=1S/C18H20N2O4/c1-12-7-8-13(11-19-12)17(23)20-18(2,10-16(21)22)14-5-4-6-15(9-14)24-3/h4-9,11H,10H2,1-3H3,(H,20,23)(H,21,22). The molecule has 0 bridgehead atoms. The number of amides is 1. The zero-order valence-electron chi connectivity index (χ0n) is 13.9. The number of aromatic nitrogens is 1. The lowest BCUT2D eigenvalue weighted by Crippen LogP contribution is -2.45. The number of ether oxygens (including phenoxy) is 1. The molecule has 6 heteroatoms. The van der Waals surface area contributed by atoms with Gasteiger partial charge in [0.05, 0.1) is 24.6 Å². The lowest BCUT2D eigenvalue weighted by Gasteiger charge is -2.30. The van der Waals surface area contributed by atoms with Crippen molar-refractivity contribution in [2.45, 2.75) is 25.8 Å². The molecule has 1 aromatic heterocycles. The number of nitrogens with one attached hydrogen (secondary N) is 1. The van der Waals surface area contributed by atoms with E-state index in [1.807, 2.05) is 6.92 Å². The molecule has 0 fully saturated rings. The Morgan fingerprint density at radius 2 is 2.04 bits per heavy atom. The first-order chi connectivity index (χ1) is 11.3. The summed E-state index contributed by atoms with van der Waals surface area (Å²) in [5, 5.41) is 12.1. The molecule has 126 valence electrons. The summed E-state index contributed by atoms with van der Waals surface area (Å²) in [6.07, 6.45) is 1.21. The summed E-state index contributed by atoms with van der Waals surface area (Å²) in [4.78, 5) is 27.9. The smallest absolute Gasteiger partial charge is 0.306 e. The predicted molar refractivity (Wildman–Crippen MR) is 89.0 cm³/mol. The van der Waals surface area contributed by atoms with Gasteiger partial charge in [0, 0.05) is 11.9 Å². The van der Waals surface area contributed by atoms with E-state index in [1.54, 1.807) is 43.3 Å². The molecule has 1 unspecified atom stereocenters. The predicted octanol–water partition coefficient (Wildman–Crippen LogP) is 2.52. The molecule has 0 spiro atoms. The van der Waals surface area contributed by atoms with Crippen molar-refractivity contribution in [3.63, 3.8) is 0 Å². The Kier molecular flexibility index (Phi) is 5.18. The number of pyridine rings is 1. The number of methoxy groups -OCH3 is 1. The van der Waals surface area contributed by atoms with E-state index in [1.165, 1.54) is 13.3 Å². The number of carboxylic acid groups (broad SMARTS) is 1. The Bertz CT molecular complexity index is 743. The van der Waals surface area contributed by atoms with Crippen LogP contribution in [0.1, 0.15) is 35.0 Å². The Hall–Kier alpha value is -2.89. The van der Waals surface area contributed by atoms with Crippen molar-refractivity contribution in [1.82, 2.24) is 10.3 Å². The molecule has 1 heterocycles. The van der Waals surface area contributed by atoms with Crippen LogP contribution in [0.3, 0.4) is 0 Å². The van der Waals surface area contributed by atoms with E-state index < -0.39 is 11.5 Å². The van der Waals surface area contributed by atoms with E-state index in [4.69, 9.17) is 4.74 Å². The number of carboxylic acids is 1. The molecule has 0 saturated carbocycles. The second-order valence-electron chi connectivity index (χ2n) is 5.78. The molecule has 0 aliphatic heterocycles. The van der Waals surface area contributed by atoms with Gasteiger partial charge < -0.3 is 15.2 Å². The molecule has 6 nitrogen and oxygen atoms in total. The van der Waals surface area contributed by atoms with Crippen LogP contribution in [0.4, 0.5) is 0 Å². The summed E-state index contributed by atoms with van der Waals surface area (Å²) < 4.78 is 5.19. The number of nitrogens with zero attached hydrogens (tertiary/aromatic N) is 1. The third-order valence-electron chi connectivity index (χ3n) is 3.77. The molecule has 2 aromatic rings. The van der Waals surface area contributed by atoms with Crippen LogP contribution in [0.25, 0.3) is 0 Å². The van der Waals surface area contributed by atoms with Crippen LogP contribution in [0.2, 0.25) is 0 Å². The maximum absolute atomic E-state index is 12.5. The highest BCUT2D eigenvalue weighted by molar-refractivity contribution is 5.94. The monoisotopic (exact) mass is 328 g/mol. The van der Waals surface area contributed by atoms with E-state index >= 15 is 0 Å². The fraction of sp³-hybridized carbons (Fsp3) is 0.278. The molecule has 2 rings (SSSR count). The Morgan fingerprint density at radius 1 is 1.29 bits per heavy atom. The van der Waals surface area contributed by atoms with Crippen LogP contribution >= 0.6 is 0 Å².